The van der Waals surface area contributed by atoms with Crippen LogP contribution in [0.4, 0.5) is 4.79 Å². The monoisotopic (exact) mass is 241 g/mol. The molecule has 0 aromatic carbocycles. The average Bonchev–Trinajstić information content (AvgIpc) is 2.46. The molecule has 0 aliphatic heterocycles. The number of carbonyl (C=O) groups is 2. The first-order valence-electron chi connectivity index (χ1n) is 5.66. The number of rotatable bonds is 3. The number of hydrogen-bond donors (Lipinski definition) is 2. The molecule has 17 heavy (non-hydrogen) atoms. The van der Waals surface area contributed by atoms with Gasteiger partial charge in [-0.2, -0.15) is 0 Å². The van der Waals surface area contributed by atoms with Gasteiger partial charge in [0.05, 0.1) is 12.5 Å². The fraction of sp³-hybridized carbons (Fsp3) is 0.667. The van der Waals surface area contributed by atoms with Crippen LogP contribution in [0.1, 0.15) is 33.6 Å². The lowest BCUT2D eigenvalue weighted by Crippen LogP contribution is -2.37. The van der Waals surface area contributed by atoms with Crippen LogP contribution in [0.5, 0.6) is 0 Å². The van der Waals surface area contributed by atoms with Crippen LogP contribution >= 0.6 is 0 Å². The average molecular weight is 241 g/mol. The number of ether oxygens (including phenoxy) is 1. The van der Waals surface area contributed by atoms with Crippen molar-refractivity contribution in [2.75, 3.05) is 0 Å². The number of alkyl carbamates (subject to hydrolysis) is 1. The summed E-state index contributed by atoms with van der Waals surface area (Å²) in [6.07, 6.45) is 3.89. The van der Waals surface area contributed by atoms with Gasteiger partial charge in [0.2, 0.25) is 0 Å². The van der Waals surface area contributed by atoms with Crippen LogP contribution in [0.2, 0.25) is 0 Å². The van der Waals surface area contributed by atoms with E-state index in [-0.39, 0.29) is 18.4 Å². The topological polar surface area (TPSA) is 75.6 Å². The Morgan fingerprint density at radius 1 is 1.41 bits per heavy atom. The molecule has 0 bridgehead atoms. The molecule has 1 aliphatic carbocycles. The van der Waals surface area contributed by atoms with Crippen molar-refractivity contribution < 1.29 is 19.4 Å². The second-order valence-corrected chi connectivity index (χ2v) is 5.23. The van der Waals surface area contributed by atoms with E-state index < -0.39 is 17.7 Å². The van der Waals surface area contributed by atoms with Gasteiger partial charge in [-0.3, -0.25) is 4.79 Å². The summed E-state index contributed by atoms with van der Waals surface area (Å²) in [6, 6.07) is -0.130. The quantitative estimate of drug-likeness (QED) is 0.740. The molecule has 0 aromatic heterocycles. The summed E-state index contributed by atoms with van der Waals surface area (Å²) in [5, 5.41) is 11.3. The van der Waals surface area contributed by atoms with E-state index in [1.54, 1.807) is 20.8 Å². The molecule has 2 N–H and O–H groups in total. The first-order valence-corrected chi connectivity index (χ1v) is 5.66. The molecule has 0 saturated heterocycles. The first-order chi connectivity index (χ1) is 7.76. The van der Waals surface area contributed by atoms with E-state index in [0.717, 1.165) is 0 Å². The first kappa shape index (κ1) is 13.5. The van der Waals surface area contributed by atoms with Crippen molar-refractivity contribution in [1.82, 2.24) is 5.32 Å². The van der Waals surface area contributed by atoms with E-state index in [4.69, 9.17) is 9.84 Å². The van der Waals surface area contributed by atoms with Crippen LogP contribution in [0.25, 0.3) is 0 Å². The van der Waals surface area contributed by atoms with Gasteiger partial charge in [-0.1, -0.05) is 12.2 Å². The second-order valence-electron chi connectivity index (χ2n) is 5.23. The minimum absolute atomic E-state index is 0.00700. The second kappa shape index (κ2) is 5.21. The number of carboxylic acids is 1. The van der Waals surface area contributed by atoms with E-state index in [9.17, 15) is 9.59 Å². The molecular formula is C12H19NO4. The molecule has 0 unspecified atom stereocenters. The highest BCUT2D eigenvalue weighted by molar-refractivity contribution is 5.69. The van der Waals surface area contributed by atoms with Gasteiger partial charge in [-0.15, -0.1) is 0 Å². The van der Waals surface area contributed by atoms with Crippen molar-refractivity contribution in [2.45, 2.75) is 45.3 Å². The highest BCUT2D eigenvalue weighted by Gasteiger charge is 2.24. The summed E-state index contributed by atoms with van der Waals surface area (Å²) in [4.78, 5) is 22.0. The van der Waals surface area contributed by atoms with Crippen LogP contribution < -0.4 is 5.32 Å². The normalized spacial score (nSPS) is 23.5. The van der Waals surface area contributed by atoms with Crippen molar-refractivity contribution in [2.24, 2.45) is 5.92 Å². The highest BCUT2D eigenvalue weighted by Crippen LogP contribution is 2.21. The lowest BCUT2D eigenvalue weighted by atomic mass is 10.0. The summed E-state index contributed by atoms with van der Waals surface area (Å²) >= 11 is 0. The Morgan fingerprint density at radius 3 is 2.59 bits per heavy atom. The van der Waals surface area contributed by atoms with Gasteiger partial charge in [0.1, 0.15) is 5.60 Å². The summed E-state index contributed by atoms with van der Waals surface area (Å²) in [7, 11) is 0. The van der Waals surface area contributed by atoms with Gasteiger partial charge in [-0.25, -0.2) is 4.79 Å². The molecule has 96 valence electrons. The number of amides is 1. The van der Waals surface area contributed by atoms with Crippen LogP contribution in [-0.4, -0.2) is 28.8 Å². The lowest BCUT2D eigenvalue weighted by molar-refractivity contribution is -0.137. The lowest BCUT2D eigenvalue weighted by Gasteiger charge is -2.21. The van der Waals surface area contributed by atoms with Crippen molar-refractivity contribution in [3.8, 4) is 0 Å². The van der Waals surface area contributed by atoms with Gasteiger partial charge < -0.3 is 15.2 Å². The summed E-state index contributed by atoms with van der Waals surface area (Å²) in [6.45, 7) is 5.39. The predicted molar refractivity (Wildman–Crippen MR) is 62.7 cm³/mol. The predicted octanol–water partition coefficient (Wildman–Crippen LogP) is 1.93. The van der Waals surface area contributed by atoms with Crippen molar-refractivity contribution in [3.63, 3.8) is 0 Å². The number of hydrogen-bond acceptors (Lipinski definition) is 3. The highest BCUT2D eigenvalue weighted by atomic mass is 16.6. The molecular weight excluding hydrogens is 222 g/mol. The molecule has 0 saturated carbocycles. The molecule has 5 heteroatoms. The number of nitrogens with one attached hydrogen (secondary N) is 1. The molecule has 0 aromatic rings. The van der Waals surface area contributed by atoms with Crippen LogP contribution in [0.15, 0.2) is 12.2 Å². The zero-order valence-electron chi connectivity index (χ0n) is 10.4. The SMILES string of the molecule is CC(C)(C)OC(=O)N[C@@H]1C=C[C@H](CC(=O)O)C1. The number of carbonyl (C=O) groups excluding carboxylic acids is 1. The number of aliphatic carboxylic acids is 1. The Hall–Kier alpha value is -1.52. The zero-order chi connectivity index (χ0) is 13.1. The minimum atomic E-state index is -0.822. The van der Waals surface area contributed by atoms with E-state index in [0.29, 0.717) is 6.42 Å². The van der Waals surface area contributed by atoms with Crippen LogP contribution in [0.3, 0.4) is 0 Å². The zero-order valence-corrected chi connectivity index (χ0v) is 10.4. The minimum Gasteiger partial charge on any atom is -0.481 e. The van der Waals surface area contributed by atoms with Crippen molar-refractivity contribution >= 4 is 12.1 Å². The summed E-state index contributed by atoms with van der Waals surface area (Å²) < 4.78 is 5.12. The Balaban J connectivity index is 2.34. The molecule has 0 radical (unpaired) electrons. The van der Waals surface area contributed by atoms with Crippen molar-refractivity contribution in [1.29, 1.82) is 0 Å². The van der Waals surface area contributed by atoms with Gasteiger partial charge in [0.15, 0.2) is 0 Å². The molecule has 2 atom stereocenters. The number of allylic oxidation sites excluding steroid dienone is 1. The summed E-state index contributed by atoms with van der Waals surface area (Å²) in [5.74, 6) is -0.829. The van der Waals surface area contributed by atoms with Crippen LogP contribution in [-0.2, 0) is 9.53 Å². The Labute approximate surface area is 101 Å². The third-order valence-corrected chi connectivity index (χ3v) is 2.31. The maximum absolute atomic E-state index is 11.5. The molecule has 0 heterocycles. The van der Waals surface area contributed by atoms with Gasteiger partial charge in [0.25, 0.3) is 0 Å². The molecule has 5 nitrogen and oxygen atoms in total. The molecule has 1 amide bonds. The van der Waals surface area contributed by atoms with E-state index >= 15 is 0 Å². The van der Waals surface area contributed by atoms with E-state index in [1.807, 2.05) is 12.2 Å². The smallest absolute Gasteiger partial charge is 0.408 e. The molecule has 1 aliphatic rings. The molecule has 0 fully saturated rings. The maximum atomic E-state index is 11.5. The Morgan fingerprint density at radius 2 is 2.06 bits per heavy atom. The van der Waals surface area contributed by atoms with Gasteiger partial charge in [0, 0.05) is 0 Å². The van der Waals surface area contributed by atoms with Gasteiger partial charge in [-0.05, 0) is 33.1 Å². The Bertz CT molecular complexity index is 330. The van der Waals surface area contributed by atoms with Crippen molar-refractivity contribution in [3.05, 3.63) is 12.2 Å². The third-order valence-electron chi connectivity index (χ3n) is 2.31. The van der Waals surface area contributed by atoms with Gasteiger partial charge >= 0.3 is 12.1 Å². The summed E-state index contributed by atoms with van der Waals surface area (Å²) in [5.41, 5.74) is -0.521. The molecule has 0 spiro atoms. The van der Waals surface area contributed by atoms with E-state index in [2.05, 4.69) is 5.32 Å². The Kier molecular flexibility index (Phi) is 4.15. The number of carboxylic acid groups (broad SMARTS) is 1. The third kappa shape index (κ3) is 5.38. The maximum Gasteiger partial charge on any atom is 0.408 e. The standard InChI is InChI=1S/C12H19NO4/c1-12(2,3)17-11(16)13-9-5-4-8(6-9)7-10(14)15/h4-5,8-9H,6-7H2,1-3H3,(H,13,16)(H,14,15)/t8-,9+/m0/s1. The van der Waals surface area contributed by atoms with Crippen LogP contribution in [0, 0.1) is 5.92 Å². The fourth-order valence-electron chi connectivity index (χ4n) is 1.72. The van der Waals surface area contributed by atoms with E-state index in [1.165, 1.54) is 0 Å². The fourth-order valence-corrected chi connectivity index (χ4v) is 1.72. The largest absolute Gasteiger partial charge is 0.481 e. The molecule has 1 rings (SSSR count).